The zero-order chi connectivity index (χ0) is 16.1. The van der Waals surface area contributed by atoms with Crippen molar-refractivity contribution < 1.29 is 14.3 Å². The van der Waals surface area contributed by atoms with E-state index in [0.717, 1.165) is 0 Å². The standard InChI is InChI=1S/C15H10N4O3/c1-22-9-4-2-8(3-5-9)10(20)11-14(6-16)12(18)19-13(21)15(11,14)7-17/h2-5,11H,1H3,(H2,18,19,21)/t11-,14+,15-/m0/s1. The summed E-state index contributed by atoms with van der Waals surface area (Å²) < 4.78 is 5.01. The van der Waals surface area contributed by atoms with Crippen LogP contribution in [0.1, 0.15) is 10.4 Å². The number of hydrogen-bond donors (Lipinski definition) is 1. The zero-order valence-corrected chi connectivity index (χ0v) is 11.5. The highest BCUT2D eigenvalue weighted by Gasteiger charge is 2.90. The quantitative estimate of drug-likeness (QED) is 0.804. The molecule has 0 spiro atoms. The largest absolute Gasteiger partial charge is 0.497 e. The van der Waals surface area contributed by atoms with Crippen molar-refractivity contribution in [3.8, 4) is 17.9 Å². The van der Waals surface area contributed by atoms with Gasteiger partial charge in [-0.25, -0.2) is 0 Å². The van der Waals surface area contributed by atoms with Gasteiger partial charge in [0.1, 0.15) is 11.6 Å². The lowest BCUT2D eigenvalue weighted by molar-refractivity contribution is -0.121. The maximum absolute atomic E-state index is 12.6. The van der Waals surface area contributed by atoms with E-state index < -0.39 is 28.4 Å². The minimum absolute atomic E-state index is 0.256. The third-order valence-corrected chi connectivity index (χ3v) is 4.36. The normalized spacial score (nSPS) is 31.5. The second-order valence-corrected chi connectivity index (χ2v) is 5.17. The summed E-state index contributed by atoms with van der Waals surface area (Å²) in [4.78, 5) is 28.1. The zero-order valence-electron chi connectivity index (χ0n) is 11.5. The highest BCUT2D eigenvalue weighted by atomic mass is 16.5. The Morgan fingerprint density at radius 3 is 2.32 bits per heavy atom. The lowest BCUT2D eigenvalue weighted by Gasteiger charge is -2.06. The Hall–Kier alpha value is -3.19. The summed E-state index contributed by atoms with van der Waals surface area (Å²) >= 11 is 0. The van der Waals surface area contributed by atoms with E-state index in [1.165, 1.54) is 19.2 Å². The maximum atomic E-state index is 12.6. The van der Waals surface area contributed by atoms with E-state index in [9.17, 15) is 20.1 Å². The maximum Gasteiger partial charge on any atom is 0.270 e. The Morgan fingerprint density at radius 2 is 1.86 bits per heavy atom. The second kappa shape index (κ2) is 4.15. The summed E-state index contributed by atoms with van der Waals surface area (Å²) in [5.74, 6) is -2.10. The number of nitriles is 2. The van der Waals surface area contributed by atoms with Crippen molar-refractivity contribution >= 4 is 17.5 Å². The lowest BCUT2D eigenvalue weighted by Crippen LogP contribution is -2.27. The molecule has 7 nitrogen and oxygen atoms in total. The summed E-state index contributed by atoms with van der Waals surface area (Å²) in [6.45, 7) is 0. The number of fused-ring (bicyclic) bond motifs is 1. The summed E-state index contributed by atoms with van der Waals surface area (Å²) in [6.07, 6.45) is 0. The molecule has 1 aliphatic heterocycles. The van der Waals surface area contributed by atoms with Gasteiger partial charge in [-0.1, -0.05) is 0 Å². The molecule has 0 saturated heterocycles. The van der Waals surface area contributed by atoms with Gasteiger partial charge in [0.05, 0.1) is 25.2 Å². The summed E-state index contributed by atoms with van der Waals surface area (Å²) in [7, 11) is 1.49. The predicted molar refractivity (Wildman–Crippen MR) is 73.5 cm³/mol. The molecule has 108 valence electrons. The molecule has 3 rings (SSSR count). The van der Waals surface area contributed by atoms with Crippen LogP contribution >= 0.6 is 0 Å². The molecule has 0 radical (unpaired) electrons. The highest BCUT2D eigenvalue weighted by molar-refractivity contribution is 6.23. The number of ketones is 1. The Kier molecular flexibility index (Phi) is 2.60. The SMILES string of the molecule is COc1ccc(C(=O)[C@H]2[C@]3(C#N)C(N)=NC(=O)[C@]23C#N)cc1. The van der Waals surface area contributed by atoms with Crippen LogP contribution in [-0.2, 0) is 4.79 Å². The smallest absolute Gasteiger partial charge is 0.270 e. The number of amides is 1. The topological polar surface area (TPSA) is 129 Å². The van der Waals surface area contributed by atoms with Gasteiger partial charge in [0.15, 0.2) is 16.6 Å². The molecule has 1 aliphatic carbocycles. The van der Waals surface area contributed by atoms with E-state index in [0.29, 0.717) is 5.75 Å². The Labute approximate surface area is 125 Å². The summed E-state index contributed by atoms with van der Waals surface area (Å²) in [5, 5.41) is 18.8. The molecule has 1 amide bonds. The van der Waals surface area contributed by atoms with Gasteiger partial charge < -0.3 is 10.5 Å². The molecule has 1 heterocycles. The first-order chi connectivity index (χ1) is 10.5. The average molecular weight is 294 g/mol. The van der Waals surface area contributed by atoms with Gasteiger partial charge in [-0.05, 0) is 24.3 Å². The van der Waals surface area contributed by atoms with Gasteiger partial charge in [0.2, 0.25) is 0 Å². The summed E-state index contributed by atoms with van der Waals surface area (Å²) in [6, 6.07) is 9.87. The van der Waals surface area contributed by atoms with Crippen molar-refractivity contribution in [1.29, 1.82) is 10.5 Å². The molecule has 1 aromatic carbocycles. The van der Waals surface area contributed by atoms with Gasteiger partial charge in [-0.15, -0.1) is 0 Å². The fourth-order valence-corrected chi connectivity index (χ4v) is 3.13. The molecule has 22 heavy (non-hydrogen) atoms. The van der Waals surface area contributed by atoms with E-state index in [2.05, 4.69) is 4.99 Å². The number of ether oxygens (including phenoxy) is 1. The monoisotopic (exact) mass is 294 g/mol. The average Bonchev–Trinajstić information content (AvgIpc) is 3.12. The van der Waals surface area contributed by atoms with Crippen LogP contribution in [0.25, 0.3) is 0 Å². The van der Waals surface area contributed by atoms with E-state index in [1.54, 1.807) is 18.2 Å². The highest BCUT2D eigenvalue weighted by Crippen LogP contribution is 2.72. The fraction of sp³-hybridized carbons (Fsp3) is 0.267. The van der Waals surface area contributed by atoms with Crippen LogP contribution in [0.2, 0.25) is 0 Å². The van der Waals surface area contributed by atoms with E-state index in [1.807, 2.05) is 6.07 Å². The number of methoxy groups -OCH3 is 1. The first-order valence-corrected chi connectivity index (χ1v) is 6.39. The van der Waals surface area contributed by atoms with Crippen LogP contribution in [-0.4, -0.2) is 24.6 Å². The number of hydrogen-bond acceptors (Lipinski definition) is 6. The molecule has 1 aromatic rings. The third-order valence-electron chi connectivity index (χ3n) is 4.36. The molecule has 0 unspecified atom stereocenters. The van der Waals surface area contributed by atoms with Gasteiger partial charge in [0.25, 0.3) is 5.91 Å². The first kappa shape index (κ1) is 13.8. The molecule has 1 fully saturated rings. The summed E-state index contributed by atoms with van der Waals surface area (Å²) in [5.41, 5.74) is 2.50. The van der Waals surface area contributed by atoms with Crippen LogP contribution in [0, 0.1) is 39.4 Å². The van der Waals surface area contributed by atoms with Gasteiger partial charge >= 0.3 is 0 Å². The number of carbonyl (C=O) groups is 2. The number of aliphatic imine (C=N–C) groups is 1. The number of Topliss-reactive ketones (excluding diaryl/α,β-unsaturated/α-hetero) is 1. The fourth-order valence-electron chi connectivity index (χ4n) is 3.13. The van der Waals surface area contributed by atoms with Crippen LogP contribution < -0.4 is 10.5 Å². The van der Waals surface area contributed by atoms with E-state index >= 15 is 0 Å². The molecule has 1 saturated carbocycles. The first-order valence-electron chi connectivity index (χ1n) is 6.39. The Morgan fingerprint density at radius 1 is 1.27 bits per heavy atom. The third kappa shape index (κ3) is 1.26. The van der Waals surface area contributed by atoms with E-state index in [-0.39, 0.29) is 11.4 Å². The molecule has 7 heteroatoms. The van der Waals surface area contributed by atoms with Gasteiger partial charge in [0, 0.05) is 5.56 Å². The molecular weight excluding hydrogens is 284 g/mol. The van der Waals surface area contributed by atoms with Crippen molar-refractivity contribution in [3.63, 3.8) is 0 Å². The lowest BCUT2D eigenvalue weighted by atomic mass is 9.97. The minimum Gasteiger partial charge on any atom is -0.497 e. The minimum atomic E-state index is -1.79. The van der Waals surface area contributed by atoms with Crippen LogP contribution in [0.5, 0.6) is 5.75 Å². The molecule has 3 atom stereocenters. The number of nitrogens with zero attached hydrogens (tertiary/aromatic N) is 3. The van der Waals surface area contributed by atoms with Crippen molar-refractivity contribution in [1.82, 2.24) is 0 Å². The molecular formula is C15H10N4O3. The Bertz CT molecular complexity index is 815. The van der Waals surface area contributed by atoms with Crippen LogP contribution in [0.3, 0.4) is 0 Å². The number of amidine groups is 1. The number of nitrogens with two attached hydrogens (primary N) is 1. The Balaban J connectivity index is 2.05. The number of rotatable bonds is 3. The predicted octanol–water partition coefficient (Wildman–Crippen LogP) is 0.425. The van der Waals surface area contributed by atoms with Gasteiger partial charge in [-0.2, -0.15) is 15.5 Å². The van der Waals surface area contributed by atoms with Crippen molar-refractivity contribution in [2.45, 2.75) is 0 Å². The number of carbonyl (C=O) groups excluding carboxylic acids is 2. The van der Waals surface area contributed by atoms with Crippen molar-refractivity contribution in [2.75, 3.05) is 7.11 Å². The van der Waals surface area contributed by atoms with Crippen LogP contribution in [0.15, 0.2) is 29.3 Å². The molecule has 0 bridgehead atoms. The van der Waals surface area contributed by atoms with E-state index in [4.69, 9.17) is 10.5 Å². The van der Waals surface area contributed by atoms with Crippen LogP contribution in [0.4, 0.5) is 0 Å². The van der Waals surface area contributed by atoms with Crippen molar-refractivity contribution in [2.24, 2.45) is 27.5 Å². The molecule has 0 aromatic heterocycles. The van der Waals surface area contributed by atoms with Gasteiger partial charge in [-0.3, -0.25) is 9.59 Å². The molecule has 2 aliphatic rings. The second-order valence-electron chi connectivity index (χ2n) is 5.17. The molecule has 2 N–H and O–H groups in total. The van der Waals surface area contributed by atoms with Crippen molar-refractivity contribution in [3.05, 3.63) is 29.8 Å². The number of benzene rings is 1.